The Morgan fingerprint density at radius 3 is 2.11 bits per heavy atom. The third-order valence-electron chi connectivity index (χ3n) is 9.45. The number of ketones is 2. The molecule has 2 aromatic rings. The number of ether oxygens (including phenoxy) is 2. The molecule has 0 spiro atoms. The first kappa shape index (κ1) is 35.4. The molecule has 4 rings (SSSR count). The molecule has 5 atom stereocenters. The first-order chi connectivity index (χ1) is 21.2. The largest absolute Gasteiger partial charge is 0.387 e. The Balaban J connectivity index is 1.31. The fourth-order valence-corrected chi connectivity index (χ4v) is 6.42. The van der Waals surface area contributed by atoms with Gasteiger partial charge in [-0.05, 0) is 102 Å². The van der Waals surface area contributed by atoms with E-state index in [0.717, 1.165) is 48.1 Å². The molecule has 2 aliphatic rings. The van der Waals surface area contributed by atoms with E-state index in [1.54, 1.807) is 6.07 Å². The lowest BCUT2D eigenvalue weighted by Crippen LogP contribution is -2.70. The standard InChI is InChI=1S/C36H51NO8/c1-24-14-19-28(36-33(42)31(40)32(41)35(45-36,23-44-36)34(2,3)43)22-27(24)21-26-17-15-25(16-18-26)9-6-10-29(38)11-7-12-30(39)13-8-20-37(4)5/h14-19,22,31-33,40-43H,6-13,20-21,23H2,1-5H3/t31-,32-,33+,35-,36-/m0/s1. The summed E-state index contributed by atoms with van der Waals surface area (Å²) in [4.78, 5) is 26.4. The summed E-state index contributed by atoms with van der Waals surface area (Å²) < 4.78 is 12.2. The van der Waals surface area contributed by atoms with Crippen LogP contribution in [0.5, 0.6) is 0 Å². The molecule has 0 radical (unpaired) electrons. The summed E-state index contributed by atoms with van der Waals surface area (Å²) in [5, 5.41) is 43.4. The molecule has 4 N–H and O–H groups in total. The third kappa shape index (κ3) is 7.91. The van der Waals surface area contributed by atoms with Crippen LogP contribution in [-0.2, 0) is 37.7 Å². The number of aliphatic hydroxyl groups is 4. The van der Waals surface area contributed by atoms with Crippen molar-refractivity contribution < 1.29 is 39.5 Å². The fourth-order valence-electron chi connectivity index (χ4n) is 6.42. The highest BCUT2D eigenvalue weighted by Crippen LogP contribution is 2.53. The van der Waals surface area contributed by atoms with E-state index < -0.39 is 35.3 Å². The Labute approximate surface area is 267 Å². The topological polar surface area (TPSA) is 137 Å². The zero-order chi connectivity index (χ0) is 33.0. The number of benzene rings is 2. The molecule has 9 heteroatoms. The van der Waals surface area contributed by atoms with E-state index >= 15 is 0 Å². The van der Waals surface area contributed by atoms with Crippen LogP contribution in [0.15, 0.2) is 42.5 Å². The van der Waals surface area contributed by atoms with Gasteiger partial charge in [0, 0.05) is 31.2 Å². The monoisotopic (exact) mass is 625 g/mol. The van der Waals surface area contributed by atoms with Crippen LogP contribution in [-0.4, -0.2) is 93.7 Å². The first-order valence-corrected chi connectivity index (χ1v) is 16.1. The number of aliphatic hydroxyl groups excluding tert-OH is 3. The maximum atomic E-state index is 12.3. The average molecular weight is 626 g/mol. The van der Waals surface area contributed by atoms with Crippen molar-refractivity contribution in [2.24, 2.45) is 0 Å². The van der Waals surface area contributed by atoms with Gasteiger partial charge in [0.15, 0.2) is 5.60 Å². The van der Waals surface area contributed by atoms with Gasteiger partial charge in [0.1, 0.15) is 29.9 Å². The second-order valence-corrected chi connectivity index (χ2v) is 13.7. The number of fused-ring (bicyclic) bond motifs is 2. The lowest BCUT2D eigenvalue weighted by molar-refractivity contribution is -0.348. The molecular formula is C36H51NO8. The number of hydrogen-bond donors (Lipinski definition) is 4. The van der Waals surface area contributed by atoms with E-state index in [9.17, 15) is 30.0 Å². The van der Waals surface area contributed by atoms with Crippen molar-refractivity contribution in [1.29, 1.82) is 0 Å². The summed E-state index contributed by atoms with van der Waals surface area (Å²) in [5.41, 5.74) is 1.60. The summed E-state index contributed by atoms with van der Waals surface area (Å²) in [7, 11) is 3.99. The lowest BCUT2D eigenvalue weighted by atomic mass is 9.75. The van der Waals surface area contributed by atoms with E-state index in [1.807, 2.05) is 33.2 Å². The van der Waals surface area contributed by atoms with Gasteiger partial charge in [-0.1, -0.05) is 36.4 Å². The van der Waals surface area contributed by atoms with E-state index in [2.05, 4.69) is 29.2 Å². The van der Waals surface area contributed by atoms with Gasteiger partial charge < -0.3 is 34.8 Å². The van der Waals surface area contributed by atoms with Gasteiger partial charge in [-0.2, -0.15) is 0 Å². The molecule has 2 fully saturated rings. The Kier molecular flexibility index (Phi) is 11.4. The van der Waals surface area contributed by atoms with Crippen molar-refractivity contribution in [1.82, 2.24) is 4.90 Å². The zero-order valence-corrected chi connectivity index (χ0v) is 27.4. The molecule has 0 unspecified atom stereocenters. The normalized spacial score (nSPS) is 26.4. The third-order valence-corrected chi connectivity index (χ3v) is 9.45. The van der Waals surface area contributed by atoms with Crippen LogP contribution < -0.4 is 0 Å². The van der Waals surface area contributed by atoms with Crippen molar-refractivity contribution in [3.05, 3.63) is 70.3 Å². The van der Waals surface area contributed by atoms with Crippen molar-refractivity contribution in [2.75, 3.05) is 27.2 Å². The highest BCUT2D eigenvalue weighted by atomic mass is 16.8. The zero-order valence-electron chi connectivity index (χ0n) is 27.4. The Morgan fingerprint density at radius 2 is 1.49 bits per heavy atom. The molecule has 2 aliphatic heterocycles. The van der Waals surface area contributed by atoms with Gasteiger partial charge >= 0.3 is 0 Å². The van der Waals surface area contributed by atoms with Crippen molar-refractivity contribution in [3.8, 4) is 0 Å². The van der Waals surface area contributed by atoms with Crippen LogP contribution in [0.25, 0.3) is 0 Å². The maximum Gasteiger partial charge on any atom is 0.225 e. The first-order valence-electron chi connectivity index (χ1n) is 16.1. The number of nitrogens with zero attached hydrogens (tertiary/aromatic N) is 1. The number of carbonyl (C=O) groups excluding carboxylic acids is 2. The number of hydrogen-bond acceptors (Lipinski definition) is 9. The molecule has 2 aromatic carbocycles. The van der Waals surface area contributed by atoms with E-state index in [0.29, 0.717) is 44.1 Å². The van der Waals surface area contributed by atoms with Crippen LogP contribution in [0, 0.1) is 6.92 Å². The molecule has 0 aromatic heterocycles. The molecule has 2 saturated heterocycles. The van der Waals surface area contributed by atoms with Gasteiger partial charge in [0.25, 0.3) is 0 Å². The predicted octanol–water partition coefficient (Wildman–Crippen LogP) is 3.36. The molecule has 248 valence electrons. The minimum absolute atomic E-state index is 0.195. The van der Waals surface area contributed by atoms with E-state index in [-0.39, 0.29) is 18.2 Å². The number of carbonyl (C=O) groups is 2. The average Bonchev–Trinajstić information content (AvgIpc) is 3.38. The summed E-state index contributed by atoms with van der Waals surface area (Å²) >= 11 is 0. The van der Waals surface area contributed by atoms with Crippen LogP contribution in [0.2, 0.25) is 0 Å². The maximum absolute atomic E-state index is 12.3. The molecule has 2 bridgehead atoms. The van der Waals surface area contributed by atoms with Gasteiger partial charge in [0.05, 0.1) is 12.2 Å². The minimum atomic E-state index is -1.73. The van der Waals surface area contributed by atoms with Crippen LogP contribution >= 0.6 is 0 Å². The van der Waals surface area contributed by atoms with Crippen LogP contribution in [0.1, 0.15) is 86.6 Å². The van der Waals surface area contributed by atoms with Gasteiger partial charge in [0.2, 0.25) is 5.79 Å². The van der Waals surface area contributed by atoms with Gasteiger partial charge in [-0.25, -0.2) is 0 Å². The number of Topliss-reactive ketones (excluding diaryl/α,β-unsaturated/α-hetero) is 2. The molecule has 45 heavy (non-hydrogen) atoms. The lowest BCUT2D eigenvalue weighted by Gasteiger charge is -2.50. The van der Waals surface area contributed by atoms with Crippen molar-refractivity contribution >= 4 is 11.6 Å². The minimum Gasteiger partial charge on any atom is -0.387 e. The summed E-state index contributed by atoms with van der Waals surface area (Å²) in [6.45, 7) is 5.68. The quantitative estimate of drug-likeness (QED) is 0.221. The number of rotatable bonds is 16. The molecular weight excluding hydrogens is 574 g/mol. The molecule has 9 nitrogen and oxygen atoms in total. The number of aryl methyl sites for hydroxylation is 2. The SMILES string of the molecule is Cc1ccc([C@]23OC[C@](C(C)(C)O)(O2)[C@@H](O)[C@H](O)[C@H]3O)cc1Cc1ccc(CCCC(=O)CCCC(=O)CCCN(C)C)cc1. The Hall–Kier alpha value is -2.50. The van der Waals surface area contributed by atoms with E-state index in [1.165, 1.54) is 13.8 Å². The summed E-state index contributed by atoms with van der Waals surface area (Å²) in [6, 6.07) is 13.9. The highest BCUT2D eigenvalue weighted by molar-refractivity contribution is 5.81. The fraction of sp³-hybridized carbons (Fsp3) is 0.611. The summed E-state index contributed by atoms with van der Waals surface area (Å²) in [6.07, 6.45) is 1.05. The van der Waals surface area contributed by atoms with Crippen molar-refractivity contribution in [2.45, 2.75) is 114 Å². The Bertz CT molecular complexity index is 1320. The van der Waals surface area contributed by atoms with Crippen molar-refractivity contribution in [3.63, 3.8) is 0 Å². The molecule has 2 heterocycles. The second kappa shape index (κ2) is 14.5. The van der Waals surface area contributed by atoms with E-state index in [4.69, 9.17) is 9.47 Å². The molecule has 0 amide bonds. The van der Waals surface area contributed by atoms with Gasteiger partial charge in [-0.15, -0.1) is 0 Å². The molecule has 0 aliphatic carbocycles. The molecule has 0 saturated carbocycles. The van der Waals surface area contributed by atoms with Crippen LogP contribution in [0.3, 0.4) is 0 Å². The smallest absolute Gasteiger partial charge is 0.225 e. The van der Waals surface area contributed by atoms with Gasteiger partial charge in [-0.3, -0.25) is 9.59 Å². The predicted molar refractivity (Wildman–Crippen MR) is 171 cm³/mol. The Morgan fingerprint density at radius 1 is 0.889 bits per heavy atom. The summed E-state index contributed by atoms with van der Waals surface area (Å²) in [5.74, 6) is -1.28. The second-order valence-electron chi connectivity index (χ2n) is 13.7. The highest BCUT2D eigenvalue weighted by Gasteiger charge is 2.71. The van der Waals surface area contributed by atoms with Crippen LogP contribution in [0.4, 0.5) is 0 Å².